The summed E-state index contributed by atoms with van der Waals surface area (Å²) in [5.41, 5.74) is 1.35. The molecule has 110 valence electrons. The van der Waals surface area contributed by atoms with Gasteiger partial charge in [-0.25, -0.2) is 9.97 Å². The lowest BCUT2D eigenvalue weighted by Crippen LogP contribution is -2.49. The standard InChI is InChI=1S/C14H18N6O/c1-19(10-13(21)20-8-6-15-7-9-20)12-3-2-11-14(18-12)17-5-4-16-11/h2-5,15H,6-10H2,1H3. The summed E-state index contributed by atoms with van der Waals surface area (Å²) in [4.78, 5) is 28.8. The van der Waals surface area contributed by atoms with Crippen LogP contribution in [-0.4, -0.2) is 65.5 Å². The van der Waals surface area contributed by atoms with Crippen LogP contribution in [-0.2, 0) is 4.79 Å². The van der Waals surface area contributed by atoms with Crippen LogP contribution in [0, 0.1) is 0 Å². The maximum Gasteiger partial charge on any atom is 0.242 e. The van der Waals surface area contributed by atoms with E-state index >= 15 is 0 Å². The summed E-state index contributed by atoms with van der Waals surface area (Å²) in [6.07, 6.45) is 3.26. The number of nitrogens with one attached hydrogen (secondary N) is 1. The van der Waals surface area contributed by atoms with Crippen molar-refractivity contribution in [3.05, 3.63) is 24.5 Å². The number of amides is 1. The Morgan fingerprint density at radius 3 is 2.86 bits per heavy atom. The van der Waals surface area contributed by atoms with E-state index in [1.165, 1.54) is 0 Å². The van der Waals surface area contributed by atoms with Crippen LogP contribution in [0.25, 0.3) is 11.2 Å². The molecule has 2 aromatic rings. The van der Waals surface area contributed by atoms with Gasteiger partial charge >= 0.3 is 0 Å². The van der Waals surface area contributed by atoms with Crippen molar-refractivity contribution in [3.8, 4) is 0 Å². The molecule has 0 radical (unpaired) electrons. The summed E-state index contributed by atoms with van der Waals surface area (Å²) in [6.45, 7) is 3.57. The van der Waals surface area contributed by atoms with E-state index in [0.717, 1.165) is 37.5 Å². The molecule has 0 unspecified atom stereocenters. The SMILES string of the molecule is CN(CC(=O)N1CCNCC1)c1ccc2nccnc2n1. The number of hydrogen-bond acceptors (Lipinski definition) is 6. The molecule has 21 heavy (non-hydrogen) atoms. The minimum atomic E-state index is 0.125. The number of carbonyl (C=O) groups is 1. The van der Waals surface area contributed by atoms with Crippen LogP contribution in [0.5, 0.6) is 0 Å². The third kappa shape index (κ3) is 3.08. The largest absolute Gasteiger partial charge is 0.350 e. The Bertz CT molecular complexity index is 640. The molecule has 1 N–H and O–H groups in total. The number of aromatic nitrogens is 3. The Balaban J connectivity index is 1.71. The van der Waals surface area contributed by atoms with Crippen molar-refractivity contribution in [3.63, 3.8) is 0 Å². The van der Waals surface area contributed by atoms with E-state index in [1.807, 2.05) is 29.0 Å². The van der Waals surface area contributed by atoms with E-state index in [2.05, 4.69) is 20.3 Å². The first-order valence-electron chi connectivity index (χ1n) is 7.01. The van der Waals surface area contributed by atoms with Gasteiger partial charge in [0.2, 0.25) is 5.91 Å². The summed E-state index contributed by atoms with van der Waals surface area (Å²) in [6, 6.07) is 3.73. The van der Waals surface area contributed by atoms with Crippen LogP contribution < -0.4 is 10.2 Å². The normalized spacial score (nSPS) is 15.2. The van der Waals surface area contributed by atoms with Crippen molar-refractivity contribution >= 4 is 22.9 Å². The van der Waals surface area contributed by atoms with Gasteiger partial charge in [0, 0.05) is 45.6 Å². The van der Waals surface area contributed by atoms with Crippen molar-refractivity contribution in [2.24, 2.45) is 0 Å². The molecular weight excluding hydrogens is 268 g/mol. The maximum atomic E-state index is 12.2. The number of rotatable bonds is 3. The number of anilines is 1. The van der Waals surface area contributed by atoms with Crippen LogP contribution in [0.3, 0.4) is 0 Å². The van der Waals surface area contributed by atoms with E-state index in [9.17, 15) is 4.79 Å². The Hall–Kier alpha value is -2.28. The molecule has 1 aliphatic heterocycles. The highest BCUT2D eigenvalue weighted by Crippen LogP contribution is 2.13. The second-order valence-corrected chi connectivity index (χ2v) is 5.06. The van der Waals surface area contributed by atoms with Gasteiger partial charge in [0.25, 0.3) is 0 Å². The first kappa shape index (κ1) is 13.7. The lowest BCUT2D eigenvalue weighted by molar-refractivity contribution is -0.130. The summed E-state index contributed by atoms with van der Waals surface area (Å²) < 4.78 is 0. The summed E-state index contributed by atoms with van der Waals surface area (Å²) >= 11 is 0. The van der Waals surface area contributed by atoms with E-state index in [1.54, 1.807) is 12.4 Å². The fourth-order valence-corrected chi connectivity index (χ4v) is 2.36. The Morgan fingerprint density at radius 2 is 2.05 bits per heavy atom. The highest BCUT2D eigenvalue weighted by Gasteiger charge is 2.18. The number of likely N-dealkylation sites (N-methyl/N-ethyl adjacent to an activating group) is 1. The zero-order chi connectivity index (χ0) is 14.7. The molecular formula is C14H18N6O. The second-order valence-electron chi connectivity index (χ2n) is 5.06. The van der Waals surface area contributed by atoms with Crippen LogP contribution in [0.2, 0.25) is 0 Å². The van der Waals surface area contributed by atoms with Crippen molar-refractivity contribution in [2.75, 3.05) is 44.7 Å². The predicted molar refractivity (Wildman–Crippen MR) is 80.1 cm³/mol. The lowest BCUT2D eigenvalue weighted by Gasteiger charge is -2.29. The van der Waals surface area contributed by atoms with E-state index < -0.39 is 0 Å². The van der Waals surface area contributed by atoms with Crippen LogP contribution in [0.1, 0.15) is 0 Å². The first-order valence-corrected chi connectivity index (χ1v) is 7.01. The van der Waals surface area contributed by atoms with Crippen LogP contribution in [0.15, 0.2) is 24.5 Å². The number of piperazine rings is 1. The van der Waals surface area contributed by atoms with Gasteiger partial charge in [0.15, 0.2) is 5.65 Å². The molecule has 7 nitrogen and oxygen atoms in total. The van der Waals surface area contributed by atoms with Crippen LogP contribution >= 0.6 is 0 Å². The highest BCUT2D eigenvalue weighted by atomic mass is 16.2. The summed E-state index contributed by atoms with van der Waals surface area (Å²) in [5, 5.41) is 3.24. The maximum absolute atomic E-state index is 12.2. The average Bonchev–Trinajstić information content (AvgIpc) is 2.55. The number of pyridine rings is 1. The van der Waals surface area contributed by atoms with E-state index in [-0.39, 0.29) is 5.91 Å². The third-order valence-corrected chi connectivity index (χ3v) is 3.55. The van der Waals surface area contributed by atoms with Gasteiger partial charge in [0.05, 0.1) is 6.54 Å². The van der Waals surface area contributed by atoms with E-state index in [4.69, 9.17) is 0 Å². The number of carbonyl (C=O) groups excluding carboxylic acids is 1. The predicted octanol–water partition coefficient (Wildman–Crippen LogP) is -0.107. The molecule has 0 aromatic carbocycles. The first-order chi connectivity index (χ1) is 10.2. The minimum Gasteiger partial charge on any atom is -0.350 e. The fourth-order valence-electron chi connectivity index (χ4n) is 2.36. The summed E-state index contributed by atoms with van der Waals surface area (Å²) in [5.74, 6) is 0.853. The molecule has 0 bridgehead atoms. The highest BCUT2D eigenvalue weighted by molar-refractivity contribution is 5.81. The van der Waals surface area contributed by atoms with Crippen molar-refractivity contribution in [1.29, 1.82) is 0 Å². The topological polar surface area (TPSA) is 74.2 Å². The number of nitrogens with zero attached hydrogens (tertiary/aromatic N) is 5. The molecule has 1 amide bonds. The molecule has 0 atom stereocenters. The molecule has 3 rings (SSSR count). The van der Waals surface area contributed by atoms with E-state index in [0.29, 0.717) is 12.2 Å². The molecule has 1 fully saturated rings. The van der Waals surface area contributed by atoms with Gasteiger partial charge in [-0.2, -0.15) is 0 Å². The quantitative estimate of drug-likeness (QED) is 0.849. The second kappa shape index (κ2) is 6.01. The zero-order valence-electron chi connectivity index (χ0n) is 12.0. The van der Waals surface area contributed by atoms with Gasteiger partial charge in [-0.05, 0) is 12.1 Å². The smallest absolute Gasteiger partial charge is 0.242 e. The van der Waals surface area contributed by atoms with Gasteiger partial charge in [0.1, 0.15) is 11.3 Å². The molecule has 0 spiro atoms. The molecule has 0 aliphatic carbocycles. The number of hydrogen-bond donors (Lipinski definition) is 1. The van der Waals surface area contributed by atoms with Crippen molar-refractivity contribution in [1.82, 2.24) is 25.2 Å². The molecule has 1 aliphatic rings. The summed E-state index contributed by atoms with van der Waals surface area (Å²) in [7, 11) is 1.87. The van der Waals surface area contributed by atoms with Crippen molar-refractivity contribution < 1.29 is 4.79 Å². The fraction of sp³-hybridized carbons (Fsp3) is 0.429. The van der Waals surface area contributed by atoms with Gasteiger partial charge in [-0.15, -0.1) is 0 Å². The Morgan fingerprint density at radius 1 is 1.29 bits per heavy atom. The molecule has 7 heteroatoms. The minimum absolute atomic E-state index is 0.125. The average molecular weight is 286 g/mol. The third-order valence-electron chi connectivity index (χ3n) is 3.55. The Labute approximate surface area is 123 Å². The van der Waals surface area contributed by atoms with Gasteiger partial charge in [-0.1, -0.05) is 0 Å². The Kier molecular flexibility index (Phi) is 3.92. The zero-order valence-corrected chi connectivity index (χ0v) is 12.0. The van der Waals surface area contributed by atoms with Gasteiger partial charge in [-0.3, -0.25) is 9.78 Å². The molecule has 2 aromatic heterocycles. The number of fused-ring (bicyclic) bond motifs is 1. The van der Waals surface area contributed by atoms with Crippen LogP contribution in [0.4, 0.5) is 5.82 Å². The molecule has 0 saturated carbocycles. The lowest BCUT2D eigenvalue weighted by atomic mass is 10.3. The van der Waals surface area contributed by atoms with Gasteiger partial charge < -0.3 is 15.1 Å². The monoisotopic (exact) mass is 286 g/mol. The molecule has 1 saturated heterocycles. The van der Waals surface area contributed by atoms with Crippen molar-refractivity contribution in [2.45, 2.75) is 0 Å². The molecule has 3 heterocycles.